The SMILES string of the molecule is N#CC(C#N)=C1NC(C(F)(F)F)=CC(C=Cc2ccc(-c3ccccc3)cc2)=C1C#N. The molecule has 0 saturated heterocycles. The van der Waals surface area contributed by atoms with Crippen molar-refractivity contribution < 1.29 is 13.2 Å². The minimum absolute atomic E-state index is 0.0567. The molecule has 0 spiro atoms. The molecule has 0 amide bonds. The second-order valence-electron chi connectivity index (χ2n) is 6.42. The Morgan fingerprint density at radius 3 is 2.00 bits per heavy atom. The second-order valence-corrected chi connectivity index (χ2v) is 6.42. The Kier molecular flexibility index (Phi) is 6.05. The van der Waals surface area contributed by atoms with E-state index in [0.717, 1.165) is 17.2 Å². The molecule has 0 aromatic heterocycles. The van der Waals surface area contributed by atoms with Crippen molar-refractivity contribution in [3.8, 4) is 29.3 Å². The molecule has 7 heteroatoms. The van der Waals surface area contributed by atoms with Crippen molar-refractivity contribution in [3.05, 3.63) is 100 Å². The third-order valence-electron chi connectivity index (χ3n) is 4.46. The fourth-order valence-corrected chi connectivity index (χ4v) is 2.94. The Morgan fingerprint density at radius 1 is 0.839 bits per heavy atom. The van der Waals surface area contributed by atoms with Crippen LogP contribution in [-0.2, 0) is 0 Å². The highest BCUT2D eigenvalue weighted by atomic mass is 19.4. The van der Waals surface area contributed by atoms with Gasteiger partial charge in [0, 0.05) is 0 Å². The van der Waals surface area contributed by atoms with Crippen LogP contribution in [0.3, 0.4) is 0 Å². The van der Waals surface area contributed by atoms with Crippen molar-refractivity contribution in [2.75, 3.05) is 0 Å². The van der Waals surface area contributed by atoms with E-state index in [1.807, 2.05) is 47.8 Å². The molecular weight excluding hydrogens is 401 g/mol. The molecule has 0 atom stereocenters. The zero-order valence-electron chi connectivity index (χ0n) is 15.9. The number of nitriles is 3. The Hall–Kier alpha value is -4.54. The van der Waals surface area contributed by atoms with E-state index >= 15 is 0 Å². The average molecular weight is 414 g/mol. The van der Waals surface area contributed by atoms with E-state index in [4.69, 9.17) is 10.5 Å². The highest BCUT2D eigenvalue weighted by molar-refractivity contribution is 5.68. The normalized spacial score (nSPS) is 13.7. The molecule has 2 aromatic rings. The van der Waals surface area contributed by atoms with Gasteiger partial charge in [-0.15, -0.1) is 0 Å². The summed E-state index contributed by atoms with van der Waals surface area (Å²) in [5, 5.41) is 29.6. The van der Waals surface area contributed by atoms with E-state index in [2.05, 4.69) is 0 Å². The summed E-state index contributed by atoms with van der Waals surface area (Å²) in [6, 6.07) is 21.9. The molecule has 0 unspecified atom stereocenters. The zero-order valence-corrected chi connectivity index (χ0v) is 15.9. The maximum absolute atomic E-state index is 13.3. The van der Waals surface area contributed by atoms with Crippen molar-refractivity contribution >= 4 is 6.08 Å². The molecule has 4 nitrogen and oxygen atoms in total. The minimum atomic E-state index is -4.75. The molecule has 2 aromatic carbocycles. The smallest absolute Gasteiger partial charge is 0.349 e. The lowest BCUT2D eigenvalue weighted by atomic mass is 9.96. The number of hydrogen-bond donors (Lipinski definition) is 1. The summed E-state index contributed by atoms with van der Waals surface area (Å²) in [6.07, 6.45) is -1.05. The number of allylic oxidation sites excluding steroid dienone is 6. The first-order chi connectivity index (χ1) is 14.9. The molecule has 1 aliphatic heterocycles. The first-order valence-corrected chi connectivity index (χ1v) is 8.96. The topological polar surface area (TPSA) is 83.4 Å². The molecule has 0 radical (unpaired) electrons. The van der Waals surface area contributed by atoms with Gasteiger partial charge in [-0.2, -0.15) is 29.0 Å². The van der Waals surface area contributed by atoms with Crippen molar-refractivity contribution in [3.63, 3.8) is 0 Å². The van der Waals surface area contributed by atoms with Crippen LogP contribution in [0.15, 0.2) is 94.9 Å². The van der Waals surface area contributed by atoms with Crippen molar-refractivity contribution in [2.45, 2.75) is 6.18 Å². The first-order valence-electron chi connectivity index (χ1n) is 8.96. The Bertz CT molecular complexity index is 1230. The molecule has 0 saturated carbocycles. The van der Waals surface area contributed by atoms with Crippen molar-refractivity contribution in [1.82, 2.24) is 5.32 Å². The van der Waals surface area contributed by atoms with Crippen LogP contribution in [0.25, 0.3) is 17.2 Å². The van der Waals surface area contributed by atoms with E-state index in [-0.39, 0.29) is 11.1 Å². The molecule has 1 heterocycles. The molecule has 0 fully saturated rings. The van der Waals surface area contributed by atoms with Crippen LogP contribution in [0.2, 0.25) is 0 Å². The Labute approximate surface area is 176 Å². The predicted octanol–water partition coefficient (Wildman–Crippen LogP) is 5.54. The number of rotatable bonds is 3. The Morgan fingerprint density at radius 2 is 1.45 bits per heavy atom. The van der Waals surface area contributed by atoms with E-state index in [9.17, 15) is 18.4 Å². The summed E-state index contributed by atoms with van der Waals surface area (Å²) >= 11 is 0. The van der Waals surface area contributed by atoms with E-state index in [0.29, 0.717) is 5.56 Å². The summed E-state index contributed by atoms with van der Waals surface area (Å²) in [5.41, 5.74) is 0.209. The lowest BCUT2D eigenvalue weighted by Crippen LogP contribution is -2.30. The van der Waals surface area contributed by atoms with Crippen LogP contribution >= 0.6 is 0 Å². The van der Waals surface area contributed by atoms with Crippen LogP contribution in [-0.4, -0.2) is 6.18 Å². The second kappa shape index (κ2) is 8.86. The van der Waals surface area contributed by atoms with Crippen LogP contribution in [0.5, 0.6) is 0 Å². The van der Waals surface area contributed by atoms with Gasteiger partial charge in [-0.3, -0.25) is 0 Å². The lowest BCUT2D eigenvalue weighted by Gasteiger charge is -2.22. The van der Waals surface area contributed by atoms with E-state index < -0.39 is 23.1 Å². The number of alkyl halides is 3. The highest BCUT2D eigenvalue weighted by Crippen LogP contribution is 2.33. The third kappa shape index (κ3) is 4.72. The summed E-state index contributed by atoms with van der Waals surface area (Å²) in [6.45, 7) is 0. The van der Waals surface area contributed by atoms with Gasteiger partial charge >= 0.3 is 6.18 Å². The molecule has 0 bridgehead atoms. The fourth-order valence-electron chi connectivity index (χ4n) is 2.94. The molecule has 1 N–H and O–H groups in total. The van der Waals surface area contributed by atoms with Crippen LogP contribution in [0.1, 0.15) is 5.56 Å². The summed E-state index contributed by atoms with van der Waals surface area (Å²) < 4.78 is 39.9. The van der Waals surface area contributed by atoms with Gasteiger partial charge in [-0.1, -0.05) is 66.7 Å². The van der Waals surface area contributed by atoms with Crippen molar-refractivity contribution in [2.24, 2.45) is 0 Å². The van der Waals surface area contributed by atoms with Crippen LogP contribution < -0.4 is 5.32 Å². The van der Waals surface area contributed by atoms with Gasteiger partial charge in [0.05, 0.1) is 11.3 Å². The molecule has 0 aliphatic carbocycles. The van der Waals surface area contributed by atoms with Gasteiger partial charge in [-0.25, -0.2) is 0 Å². The predicted molar refractivity (Wildman–Crippen MR) is 109 cm³/mol. The molecule has 31 heavy (non-hydrogen) atoms. The van der Waals surface area contributed by atoms with Crippen LogP contribution in [0.4, 0.5) is 13.2 Å². The lowest BCUT2D eigenvalue weighted by molar-refractivity contribution is -0.0959. The first kappa shape index (κ1) is 21.2. The van der Waals surface area contributed by atoms with Gasteiger partial charge in [0.15, 0.2) is 5.57 Å². The average Bonchev–Trinajstić information content (AvgIpc) is 2.78. The number of benzene rings is 2. The summed E-state index contributed by atoms with van der Waals surface area (Å²) in [7, 11) is 0. The molecule has 150 valence electrons. The molecule has 1 aliphatic rings. The quantitative estimate of drug-likeness (QED) is 0.669. The van der Waals surface area contributed by atoms with E-state index in [1.165, 1.54) is 18.2 Å². The van der Waals surface area contributed by atoms with Gasteiger partial charge < -0.3 is 5.32 Å². The van der Waals surface area contributed by atoms with Gasteiger partial charge in [0.25, 0.3) is 0 Å². The Balaban J connectivity index is 2.02. The minimum Gasteiger partial charge on any atom is -0.349 e. The maximum atomic E-state index is 13.3. The number of nitrogens with one attached hydrogen (secondary N) is 1. The maximum Gasteiger partial charge on any atom is 0.431 e. The zero-order chi connectivity index (χ0) is 22.4. The summed E-state index contributed by atoms with van der Waals surface area (Å²) in [5.74, 6) is 0. The van der Waals surface area contributed by atoms with Gasteiger partial charge in [0.1, 0.15) is 23.9 Å². The van der Waals surface area contributed by atoms with Gasteiger partial charge in [0.2, 0.25) is 0 Å². The highest BCUT2D eigenvalue weighted by Gasteiger charge is 2.37. The number of dihydropyridines is 1. The number of halogens is 3. The summed E-state index contributed by atoms with van der Waals surface area (Å²) in [4.78, 5) is 0. The fraction of sp³-hybridized carbons (Fsp3) is 0.0417. The van der Waals surface area contributed by atoms with Crippen molar-refractivity contribution in [1.29, 1.82) is 15.8 Å². The molecular formula is C24H13F3N4. The van der Waals surface area contributed by atoms with Gasteiger partial charge in [-0.05, 0) is 28.3 Å². The number of nitrogens with zero attached hydrogens (tertiary/aromatic N) is 3. The van der Waals surface area contributed by atoms with E-state index in [1.54, 1.807) is 24.3 Å². The monoisotopic (exact) mass is 414 g/mol. The molecule has 3 rings (SSSR count). The standard InChI is InChI=1S/C24H13F3N4/c25-24(26,27)22-12-19(21(15-30)23(31-22)20(13-28)14-29)11-8-16-6-9-18(10-7-16)17-4-2-1-3-5-17/h1-12,31H. The third-order valence-corrected chi connectivity index (χ3v) is 4.46. The number of hydrogen-bond acceptors (Lipinski definition) is 4. The van der Waals surface area contributed by atoms with Crippen LogP contribution in [0, 0.1) is 34.0 Å². The largest absolute Gasteiger partial charge is 0.431 e.